The van der Waals surface area contributed by atoms with E-state index in [1.807, 2.05) is 13.8 Å². The molecule has 2 unspecified atom stereocenters. The number of nitrogens with one attached hydrogen (secondary N) is 3. The summed E-state index contributed by atoms with van der Waals surface area (Å²) in [6.07, 6.45) is 0. The van der Waals surface area contributed by atoms with Crippen LogP contribution in [0.2, 0.25) is 0 Å². The Labute approximate surface area is 96.6 Å². The fourth-order valence-corrected chi connectivity index (χ4v) is 1.66. The van der Waals surface area contributed by atoms with E-state index in [9.17, 15) is 4.79 Å². The molecule has 0 aromatic carbocycles. The number of nitrogens with zero attached hydrogens (tertiary/aromatic N) is 1. The van der Waals surface area contributed by atoms with E-state index in [1.54, 1.807) is 0 Å². The van der Waals surface area contributed by atoms with Crippen molar-refractivity contribution in [3.8, 4) is 6.07 Å². The minimum absolute atomic E-state index is 0.0779. The van der Waals surface area contributed by atoms with Gasteiger partial charge in [-0.3, -0.25) is 4.79 Å². The number of amides is 1. The fraction of sp³-hybridized carbons (Fsp3) is 0.818. The quantitative estimate of drug-likeness (QED) is 0.599. The van der Waals surface area contributed by atoms with Crippen LogP contribution in [-0.2, 0) is 4.79 Å². The molecular weight excluding hydrogens is 204 g/mol. The molecule has 0 radical (unpaired) electrons. The number of piperazine rings is 1. The third kappa shape index (κ3) is 3.80. The van der Waals surface area contributed by atoms with Crippen LogP contribution in [0.5, 0.6) is 0 Å². The topological polar surface area (TPSA) is 77.0 Å². The Morgan fingerprint density at radius 3 is 2.81 bits per heavy atom. The van der Waals surface area contributed by atoms with Crippen molar-refractivity contribution in [1.29, 1.82) is 5.26 Å². The van der Waals surface area contributed by atoms with E-state index in [0.29, 0.717) is 19.0 Å². The van der Waals surface area contributed by atoms with Gasteiger partial charge in [0.05, 0.1) is 6.07 Å². The summed E-state index contributed by atoms with van der Waals surface area (Å²) in [6, 6.07) is 2.00. The molecule has 1 fully saturated rings. The first-order valence-electron chi connectivity index (χ1n) is 5.76. The third-order valence-corrected chi connectivity index (χ3v) is 2.58. The first kappa shape index (κ1) is 12.9. The summed E-state index contributed by atoms with van der Waals surface area (Å²) in [5.41, 5.74) is 0. The van der Waals surface area contributed by atoms with E-state index in [4.69, 9.17) is 5.26 Å². The molecule has 1 amide bonds. The van der Waals surface area contributed by atoms with Crippen molar-refractivity contribution in [3.63, 3.8) is 0 Å². The van der Waals surface area contributed by atoms with Gasteiger partial charge in [0.2, 0.25) is 5.91 Å². The Kier molecular flexibility index (Phi) is 5.23. The minimum Gasteiger partial charge on any atom is -0.355 e. The van der Waals surface area contributed by atoms with Crippen LogP contribution in [0.15, 0.2) is 0 Å². The molecule has 1 rings (SSSR count). The number of carbonyl (C=O) groups is 1. The van der Waals surface area contributed by atoms with E-state index in [1.165, 1.54) is 0 Å². The van der Waals surface area contributed by atoms with Gasteiger partial charge in [0.1, 0.15) is 5.92 Å². The summed E-state index contributed by atoms with van der Waals surface area (Å²) in [7, 11) is 0. The maximum absolute atomic E-state index is 11.8. The summed E-state index contributed by atoms with van der Waals surface area (Å²) in [6.45, 7) is 7.05. The lowest BCUT2D eigenvalue weighted by Crippen LogP contribution is -2.55. The van der Waals surface area contributed by atoms with Gasteiger partial charge in [0.25, 0.3) is 0 Å². The molecule has 5 heteroatoms. The van der Waals surface area contributed by atoms with E-state index in [2.05, 4.69) is 22.0 Å². The van der Waals surface area contributed by atoms with Crippen LogP contribution < -0.4 is 16.0 Å². The van der Waals surface area contributed by atoms with Crippen molar-refractivity contribution < 1.29 is 4.79 Å². The molecule has 2 atom stereocenters. The van der Waals surface area contributed by atoms with Gasteiger partial charge >= 0.3 is 0 Å². The van der Waals surface area contributed by atoms with E-state index < -0.39 is 5.92 Å². The lowest BCUT2D eigenvalue weighted by atomic mass is 9.98. The molecule has 1 aliphatic rings. The highest BCUT2D eigenvalue weighted by Crippen LogP contribution is 2.05. The lowest BCUT2D eigenvalue weighted by molar-refractivity contribution is -0.124. The molecule has 1 heterocycles. The predicted molar refractivity (Wildman–Crippen MR) is 61.6 cm³/mol. The highest BCUT2D eigenvalue weighted by Gasteiger charge is 2.29. The van der Waals surface area contributed by atoms with Gasteiger partial charge in [-0.2, -0.15) is 5.26 Å². The lowest BCUT2D eigenvalue weighted by Gasteiger charge is -2.27. The predicted octanol–water partition coefficient (Wildman–Crippen LogP) is -0.540. The molecule has 3 N–H and O–H groups in total. The fourth-order valence-electron chi connectivity index (χ4n) is 1.66. The van der Waals surface area contributed by atoms with Crippen LogP contribution in [0.25, 0.3) is 0 Å². The van der Waals surface area contributed by atoms with Gasteiger partial charge in [-0.1, -0.05) is 13.8 Å². The molecule has 1 aliphatic heterocycles. The minimum atomic E-state index is -0.605. The molecule has 0 aromatic rings. The van der Waals surface area contributed by atoms with E-state index in [-0.39, 0.29) is 11.9 Å². The number of hydrogen-bond donors (Lipinski definition) is 3. The summed E-state index contributed by atoms with van der Waals surface area (Å²) in [5.74, 6) is -0.371. The molecule has 5 nitrogen and oxygen atoms in total. The van der Waals surface area contributed by atoms with Gasteiger partial charge < -0.3 is 16.0 Å². The van der Waals surface area contributed by atoms with Gasteiger partial charge in [-0.05, 0) is 5.92 Å². The molecule has 16 heavy (non-hydrogen) atoms. The summed E-state index contributed by atoms with van der Waals surface area (Å²) in [5, 5.41) is 18.2. The zero-order chi connectivity index (χ0) is 12.0. The second-order valence-corrected chi connectivity index (χ2v) is 4.51. The maximum Gasteiger partial charge on any atom is 0.239 e. The number of hydrogen-bond acceptors (Lipinski definition) is 4. The molecule has 0 saturated carbocycles. The summed E-state index contributed by atoms with van der Waals surface area (Å²) < 4.78 is 0. The van der Waals surface area contributed by atoms with Crippen LogP contribution >= 0.6 is 0 Å². The first-order valence-corrected chi connectivity index (χ1v) is 5.76. The number of rotatable bonds is 4. The van der Waals surface area contributed by atoms with Gasteiger partial charge in [0.15, 0.2) is 0 Å². The molecule has 0 spiro atoms. The normalized spacial score (nSPS) is 22.5. The van der Waals surface area contributed by atoms with Crippen molar-refractivity contribution in [3.05, 3.63) is 0 Å². The summed E-state index contributed by atoms with van der Waals surface area (Å²) >= 11 is 0. The Hall–Kier alpha value is -1.12. The van der Waals surface area contributed by atoms with Crippen molar-refractivity contribution in [2.24, 2.45) is 11.8 Å². The Morgan fingerprint density at radius 2 is 2.31 bits per heavy atom. The van der Waals surface area contributed by atoms with Crippen molar-refractivity contribution in [1.82, 2.24) is 16.0 Å². The SMILES string of the molecule is CC(C)CNC(=O)C(C#N)C1CNCCN1. The van der Waals surface area contributed by atoms with Crippen molar-refractivity contribution in [2.75, 3.05) is 26.2 Å². The zero-order valence-electron chi connectivity index (χ0n) is 9.92. The zero-order valence-corrected chi connectivity index (χ0v) is 9.92. The largest absolute Gasteiger partial charge is 0.355 e. The van der Waals surface area contributed by atoms with E-state index >= 15 is 0 Å². The molecule has 0 aromatic heterocycles. The smallest absolute Gasteiger partial charge is 0.239 e. The molecular formula is C11H20N4O. The number of carbonyl (C=O) groups excluding carboxylic acids is 1. The number of nitriles is 1. The van der Waals surface area contributed by atoms with Crippen molar-refractivity contribution >= 4 is 5.91 Å². The third-order valence-electron chi connectivity index (χ3n) is 2.58. The Bertz CT molecular complexity index is 266. The van der Waals surface area contributed by atoms with Gasteiger partial charge in [-0.25, -0.2) is 0 Å². The average Bonchev–Trinajstić information content (AvgIpc) is 2.29. The average molecular weight is 224 g/mol. The molecule has 0 bridgehead atoms. The van der Waals surface area contributed by atoms with Gasteiger partial charge in [0, 0.05) is 32.2 Å². The van der Waals surface area contributed by atoms with Crippen LogP contribution in [0.1, 0.15) is 13.8 Å². The molecule has 1 saturated heterocycles. The van der Waals surface area contributed by atoms with Crippen LogP contribution in [0.4, 0.5) is 0 Å². The second-order valence-electron chi connectivity index (χ2n) is 4.51. The monoisotopic (exact) mass is 224 g/mol. The van der Waals surface area contributed by atoms with Crippen LogP contribution in [-0.4, -0.2) is 38.1 Å². The Balaban J connectivity index is 2.46. The Morgan fingerprint density at radius 1 is 1.56 bits per heavy atom. The highest BCUT2D eigenvalue weighted by atomic mass is 16.1. The van der Waals surface area contributed by atoms with E-state index in [0.717, 1.165) is 13.1 Å². The summed E-state index contributed by atoms with van der Waals surface area (Å²) in [4.78, 5) is 11.8. The van der Waals surface area contributed by atoms with Crippen LogP contribution in [0.3, 0.4) is 0 Å². The van der Waals surface area contributed by atoms with Crippen LogP contribution in [0, 0.1) is 23.2 Å². The molecule has 90 valence electrons. The van der Waals surface area contributed by atoms with Gasteiger partial charge in [-0.15, -0.1) is 0 Å². The first-order chi connectivity index (χ1) is 7.65. The van der Waals surface area contributed by atoms with Crippen molar-refractivity contribution in [2.45, 2.75) is 19.9 Å². The molecule has 0 aliphatic carbocycles. The highest BCUT2D eigenvalue weighted by molar-refractivity contribution is 5.81. The standard InChI is InChI=1S/C11H20N4O/c1-8(2)6-15-11(16)9(5-12)10-7-13-3-4-14-10/h8-10,13-14H,3-4,6-7H2,1-2H3,(H,15,16). The maximum atomic E-state index is 11.8. The second kappa shape index (κ2) is 6.46.